The maximum Gasteiger partial charge on any atom is 0.242 e. The summed E-state index contributed by atoms with van der Waals surface area (Å²) in [5.41, 5.74) is 1.35. The number of nitrogens with one attached hydrogen (secondary N) is 1. The Balaban J connectivity index is 2.07. The number of pyridine rings is 1. The van der Waals surface area contributed by atoms with Crippen LogP contribution in [0.5, 0.6) is 0 Å². The second-order valence-corrected chi connectivity index (χ2v) is 4.62. The highest BCUT2D eigenvalue weighted by Gasteiger charge is 2.19. The lowest BCUT2D eigenvalue weighted by Gasteiger charge is -2.11. The van der Waals surface area contributed by atoms with Crippen LogP contribution < -0.4 is 5.32 Å². The molecule has 0 saturated heterocycles. The summed E-state index contributed by atoms with van der Waals surface area (Å²) in [6, 6.07) is 12.5. The molecule has 1 aromatic heterocycles. The lowest BCUT2D eigenvalue weighted by atomic mass is 10.0. The Bertz CT molecular complexity index is 637. The van der Waals surface area contributed by atoms with E-state index in [2.05, 4.69) is 10.3 Å². The molecule has 0 aliphatic heterocycles. The maximum absolute atomic E-state index is 12.1. The van der Waals surface area contributed by atoms with Gasteiger partial charge in [-0.15, -0.1) is 0 Å². The lowest BCUT2D eigenvalue weighted by Crippen LogP contribution is -2.23. The van der Waals surface area contributed by atoms with E-state index in [-0.39, 0.29) is 5.91 Å². The van der Waals surface area contributed by atoms with Crippen molar-refractivity contribution in [2.75, 3.05) is 5.32 Å². The van der Waals surface area contributed by atoms with E-state index in [0.29, 0.717) is 17.1 Å². The molecule has 0 bridgehead atoms. The number of carbonyl (C=O) groups excluding carboxylic acids is 1. The molecule has 0 unspecified atom stereocenters. The number of rotatable bonds is 4. The summed E-state index contributed by atoms with van der Waals surface area (Å²) in [4.78, 5) is 16.1. The van der Waals surface area contributed by atoms with Crippen LogP contribution in [0, 0.1) is 17.2 Å². The van der Waals surface area contributed by atoms with E-state index in [1.54, 1.807) is 42.7 Å². The van der Waals surface area contributed by atoms with Crippen LogP contribution in [0.15, 0.2) is 48.8 Å². The van der Waals surface area contributed by atoms with E-state index in [1.807, 2.05) is 12.1 Å². The lowest BCUT2D eigenvalue weighted by molar-refractivity contribution is -0.118. The van der Waals surface area contributed by atoms with Crippen molar-refractivity contribution in [2.45, 2.75) is 6.42 Å². The van der Waals surface area contributed by atoms with Crippen molar-refractivity contribution in [2.24, 2.45) is 5.92 Å². The van der Waals surface area contributed by atoms with Crippen LogP contribution in [-0.4, -0.2) is 10.9 Å². The van der Waals surface area contributed by atoms with Gasteiger partial charge in [-0.25, -0.2) is 0 Å². The van der Waals surface area contributed by atoms with Crippen LogP contribution in [-0.2, 0) is 11.2 Å². The minimum Gasteiger partial charge on any atom is -0.324 e. The molecular formula is C15H12ClN3O. The molecule has 0 aliphatic carbocycles. The van der Waals surface area contributed by atoms with Gasteiger partial charge in [0.1, 0.15) is 5.92 Å². The number of benzene rings is 1. The molecule has 2 rings (SSSR count). The molecule has 0 saturated carbocycles. The molecule has 20 heavy (non-hydrogen) atoms. The normalized spacial score (nSPS) is 11.4. The highest BCUT2D eigenvalue weighted by atomic mass is 35.5. The maximum atomic E-state index is 12.1. The quantitative estimate of drug-likeness (QED) is 0.939. The molecule has 4 nitrogen and oxygen atoms in total. The molecule has 0 aliphatic rings. The van der Waals surface area contributed by atoms with Gasteiger partial charge >= 0.3 is 0 Å². The number of para-hydroxylation sites is 1. The number of hydrogen-bond acceptors (Lipinski definition) is 3. The van der Waals surface area contributed by atoms with E-state index in [4.69, 9.17) is 16.9 Å². The summed E-state index contributed by atoms with van der Waals surface area (Å²) >= 11 is 5.97. The zero-order valence-electron chi connectivity index (χ0n) is 10.6. The third-order valence-electron chi connectivity index (χ3n) is 2.77. The van der Waals surface area contributed by atoms with Gasteiger partial charge in [0.15, 0.2) is 0 Å². The van der Waals surface area contributed by atoms with E-state index < -0.39 is 5.92 Å². The number of nitrogens with zero attached hydrogens (tertiary/aromatic N) is 2. The molecule has 1 aromatic carbocycles. The van der Waals surface area contributed by atoms with Gasteiger partial charge in [-0.3, -0.25) is 9.78 Å². The number of carbonyl (C=O) groups is 1. The van der Waals surface area contributed by atoms with E-state index in [0.717, 1.165) is 5.56 Å². The van der Waals surface area contributed by atoms with Crippen molar-refractivity contribution < 1.29 is 4.79 Å². The van der Waals surface area contributed by atoms with E-state index in [9.17, 15) is 4.79 Å². The second-order valence-electron chi connectivity index (χ2n) is 4.22. The highest BCUT2D eigenvalue weighted by Crippen LogP contribution is 2.21. The smallest absolute Gasteiger partial charge is 0.242 e. The largest absolute Gasteiger partial charge is 0.324 e. The molecule has 0 fully saturated rings. The zero-order valence-corrected chi connectivity index (χ0v) is 11.3. The highest BCUT2D eigenvalue weighted by molar-refractivity contribution is 6.33. The molecular weight excluding hydrogens is 274 g/mol. The average Bonchev–Trinajstić information content (AvgIpc) is 2.48. The first kappa shape index (κ1) is 14.0. The Labute approximate surface area is 122 Å². The molecule has 0 radical (unpaired) electrons. The number of halogens is 1. The van der Waals surface area contributed by atoms with Crippen molar-refractivity contribution in [1.82, 2.24) is 4.98 Å². The van der Waals surface area contributed by atoms with Gasteiger partial charge < -0.3 is 5.32 Å². The van der Waals surface area contributed by atoms with Gasteiger partial charge in [-0.1, -0.05) is 29.8 Å². The van der Waals surface area contributed by atoms with Crippen LogP contribution in [0.3, 0.4) is 0 Å². The number of aromatic nitrogens is 1. The molecule has 1 heterocycles. The van der Waals surface area contributed by atoms with Crippen LogP contribution >= 0.6 is 11.6 Å². The molecule has 1 atom stereocenters. The Morgan fingerprint density at radius 2 is 2.15 bits per heavy atom. The third kappa shape index (κ3) is 3.56. The summed E-state index contributed by atoms with van der Waals surface area (Å²) in [6.07, 6.45) is 3.61. The fourth-order valence-corrected chi connectivity index (χ4v) is 1.92. The van der Waals surface area contributed by atoms with Gasteiger partial charge in [-0.2, -0.15) is 5.26 Å². The summed E-state index contributed by atoms with van der Waals surface area (Å²) < 4.78 is 0. The van der Waals surface area contributed by atoms with Crippen molar-refractivity contribution >= 4 is 23.2 Å². The van der Waals surface area contributed by atoms with Gasteiger partial charge in [0.2, 0.25) is 5.91 Å². The number of anilines is 1. The summed E-state index contributed by atoms with van der Waals surface area (Å²) in [7, 11) is 0. The molecule has 2 aromatic rings. The monoisotopic (exact) mass is 285 g/mol. The van der Waals surface area contributed by atoms with Gasteiger partial charge in [-0.05, 0) is 30.2 Å². The second kappa shape index (κ2) is 6.69. The first-order valence-corrected chi connectivity index (χ1v) is 6.42. The SMILES string of the molecule is N#C[C@@H](Cc1cccnc1)C(=O)Nc1ccccc1Cl. The van der Waals surface area contributed by atoms with E-state index in [1.165, 1.54) is 0 Å². The van der Waals surface area contributed by atoms with Gasteiger partial charge in [0, 0.05) is 12.4 Å². The predicted molar refractivity (Wildman–Crippen MR) is 77.1 cm³/mol. The molecule has 1 amide bonds. The molecule has 0 spiro atoms. The first-order chi connectivity index (χ1) is 9.70. The minimum atomic E-state index is -0.782. The molecule has 100 valence electrons. The molecule has 1 N–H and O–H groups in total. The first-order valence-electron chi connectivity index (χ1n) is 6.04. The summed E-state index contributed by atoms with van der Waals surface area (Å²) in [5.74, 6) is -1.15. The minimum absolute atomic E-state index is 0.320. The average molecular weight is 286 g/mol. The predicted octanol–water partition coefficient (Wildman–Crippen LogP) is 3.06. The van der Waals surface area contributed by atoms with Crippen LogP contribution in [0.4, 0.5) is 5.69 Å². The van der Waals surface area contributed by atoms with Crippen molar-refractivity contribution in [3.63, 3.8) is 0 Å². The summed E-state index contributed by atoms with van der Waals surface area (Å²) in [5, 5.41) is 12.3. The van der Waals surface area contributed by atoms with E-state index >= 15 is 0 Å². The zero-order chi connectivity index (χ0) is 14.4. The Morgan fingerprint density at radius 3 is 2.80 bits per heavy atom. The Kier molecular flexibility index (Phi) is 4.70. The van der Waals surface area contributed by atoms with Crippen LogP contribution in [0.25, 0.3) is 0 Å². The number of amides is 1. The fourth-order valence-electron chi connectivity index (χ4n) is 1.73. The molecule has 5 heteroatoms. The van der Waals surface area contributed by atoms with Gasteiger partial charge in [0.05, 0.1) is 16.8 Å². The van der Waals surface area contributed by atoms with Crippen molar-refractivity contribution in [1.29, 1.82) is 5.26 Å². The topological polar surface area (TPSA) is 65.8 Å². The number of hydrogen-bond donors (Lipinski definition) is 1. The van der Waals surface area contributed by atoms with Crippen molar-refractivity contribution in [3.8, 4) is 6.07 Å². The Hall–Kier alpha value is -2.38. The Morgan fingerprint density at radius 1 is 1.35 bits per heavy atom. The standard InChI is InChI=1S/C15H12ClN3O/c16-13-5-1-2-6-14(13)19-15(20)12(9-17)8-11-4-3-7-18-10-11/h1-7,10,12H,8H2,(H,19,20)/t12-/m1/s1. The number of nitriles is 1. The van der Waals surface area contributed by atoms with Gasteiger partial charge in [0.25, 0.3) is 0 Å². The van der Waals surface area contributed by atoms with Crippen molar-refractivity contribution in [3.05, 3.63) is 59.4 Å². The summed E-state index contributed by atoms with van der Waals surface area (Å²) in [6.45, 7) is 0. The van der Waals surface area contributed by atoms with Crippen LogP contribution in [0.2, 0.25) is 5.02 Å². The third-order valence-corrected chi connectivity index (χ3v) is 3.10. The van der Waals surface area contributed by atoms with Crippen LogP contribution in [0.1, 0.15) is 5.56 Å². The fraction of sp³-hybridized carbons (Fsp3) is 0.133.